The lowest BCUT2D eigenvalue weighted by molar-refractivity contribution is 0.514. The molecule has 0 atom stereocenters. The zero-order valence-corrected chi connectivity index (χ0v) is 17.5. The highest BCUT2D eigenvalue weighted by molar-refractivity contribution is 9.10. The number of fused-ring (bicyclic) bond motifs is 1. The van der Waals surface area contributed by atoms with Crippen molar-refractivity contribution in [3.8, 4) is 0 Å². The highest BCUT2D eigenvalue weighted by Gasteiger charge is 2.22. The first-order valence-electron chi connectivity index (χ1n) is 8.84. The summed E-state index contributed by atoms with van der Waals surface area (Å²) in [5, 5.41) is 3.74. The summed E-state index contributed by atoms with van der Waals surface area (Å²) in [7, 11) is -3.31. The fraction of sp³-hybridized carbons (Fsp3) is 0.333. The van der Waals surface area contributed by atoms with Gasteiger partial charge in [0.15, 0.2) is 9.84 Å². The van der Waals surface area contributed by atoms with Gasteiger partial charge in [0, 0.05) is 30.1 Å². The minimum absolute atomic E-state index is 0.0975. The summed E-state index contributed by atoms with van der Waals surface area (Å²) in [4.78, 5) is 25.8. The van der Waals surface area contributed by atoms with E-state index in [1.807, 2.05) is 0 Å². The second-order valence-electron chi connectivity index (χ2n) is 6.85. The number of nitrogens with zero attached hydrogens (tertiary/aromatic N) is 4. The Morgan fingerprint density at radius 2 is 1.93 bits per heavy atom. The quantitative estimate of drug-likeness (QED) is 0.632. The van der Waals surface area contributed by atoms with Gasteiger partial charge in [0.2, 0.25) is 5.95 Å². The molecule has 3 aromatic heterocycles. The molecule has 0 radical (unpaired) electrons. The number of halogens is 1. The first kappa shape index (κ1) is 19.0. The number of anilines is 2. The van der Waals surface area contributed by atoms with Crippen LogP contribution < -0.4 is 10.9 Å². The van der Waals surface area contributed by atoms with Crippen molar-refractivity contribution in [1.29, 1.82) is 0 Å². The molecule has 10 heteroatoms. The van der Waals surface area contributed by atoms with Crippen LogP contribution in [-0.2, 0) is 9.84 Å². The van der Waals surface area contributed by atoms with E-state index in [-0.39, 0.29) is 16.5 Å². The second kappa shape index (κ2) is 7.25. The molecule has 0 saturated heterocycles. The van der Waals surface area contributed by atoms with Crippen molar-refractivity contribution in [2.24, 2.45) is 0 Å². The van der Waals surface area contributed by atoms with E-state index in [4.69, 9.17) is 0 Å². The Morgan fingerprint density at radius 3 is 2.57 bits per heavy atom. The van der Waals surface area contributed by atoms with Crippen LogP contribution in [0.2, 0.25) is 0 Å². The number of pyridine rings is 2. The van der Waals surface area contributed by atoms with E-state index in [9.17, 15) is 13.2 Å². The van der Waals surface area contributed by atoms with Gasteiger partial charge in [0.25, 0.3) is 5.56 Å². The maximum atomic E-state index is 12.7. The van der Waals surface area contributed by atoms with E-state index in [1.165, 1.54) is 12.3 Å². The molecular weight excluding hydrogens is 446 g/mol. The fourth-order valence-electron chi connectivity index (χ4n) is 3.44. The van der Waals surface area contributed by atoms with Crippen LogP contribution in [0.3, 0.4) is 0 Å². The lowest BCUT2D eigenvalue weighted by Gasteiger charge is -2.17. The average Bonchev–Trinajstić information content (AvgIpc) is 3.17. The molecule has 1 saturated carbocycles. The molecule has 4 rings (SSSR count). The van der Waals surface area contributed by atoms with Crippen LogP contribution >= 0.6 is 15.9 Å². The van der Waals surface area contributed by atoms with Crippen molar-refractivity contribution in [2.45, 2.75) is 36.6 Å². The van der Waals surface area contributed by atoms with Crippen LogP contribution in [0, 0.1) is 0 Å². The van der Waals surface area contributed by atoms with Crippen molar-refractivity contribution in [2.75, 3.05) is 11.6 Å². The van der Waals surface area contributed by atoms with E-state index in [0.717, 1.165) is 37.3 Å². The topological polar surface area (TPSA) is 107 Å². The first-order chi connectivity index (χ1) is 13.3. The molecule has 1 fully saturated rings. The summed E-state index contributed by atoms with van der Waals surface area (Å²) in [5.74, 6) is 0.708. The second-order valence-corrected chi connectivity index (χ2v) is 9.72. The highest BCUT2D eigenvalue weighted by atomic mass is 79.9. The molecule has 1 aliphatic carbocycles. The van der Waals surface area contributed by atoms with Crippen molar-refractivity contribution >= 4 is 48.6 Å². The Hall–Kier alpha value is -2.33. The van der Waals surface area contributed by atoms with Crippen LogP contribution in [0.4, 0.5) is 11.8 Å². The normalized spacial score (nSPS) is 15.2. The summed E-state index contributed by atoms with van der Waals surface area (Å²) in [6, 6.07) is 4.88. The van der Waals surface area contributed by atoms with Gasteiger partial charge in [-0.1, -0.05) is 12.8 Å². The van der Waals surface area contributed by atoms with Gasteiger partial charge >= 0.3 is 0 Å². The van der Waals surface area contributed by atoms with E-state index < -0.39 is 9.84 Å². The van der Waals surface area contributed by atoms with Gasteiger partial charge in [-0.15, -0.1) is 0 Å². The number of aromatic nitrogens is 4. The lowest BCUT2D eigenvalue weighted by atomic mass is 10.2. The largest absolute Gasteiger partial charge is 0.309 e. The number of nitrogens with one attached hydrogen (secondary N) is 1. The van der Waals surface area contributed by atoms with Crippen LogP contribution in [0.15, 0.2) is 44.8 Å². The van der Waals surface area contributed by atoms with Crippen LogP contribution in [-0.4, -0.2) is 34.2 Å². The van der Waals surface area contributed by atoms with E-state index >= 15 is 0 Å². The van der Waals surface area contributed by atoms with E-state index in [1.54, 1.807) is 22.9 Å². The number of sulfone groups is 1. The van der Waals surface area contributed by atoms with E-state index in [0.29, 0.717) is 21.9 Å². The van der Waals surface area contributed by atoms with Gasteiger partial charge in [-0.05, 0) is 47.0 Å². The first-order valence-corrected chi connectivity index (χ1v) is 11.5. The smallest absolute Gasteiger partial charge is 0.266 e. The summed E-state index contributed by atoms with van der Waals surface area (Å²) in [6.45, 7) is 0. The third-order valence-corrected chi connectivity index (χ3v) is 6.49. The molecule has 0 spiro atoms. The van der Waals surface area contributed by atoms with Gasteiger partial charge in [0.05, 0.1) is 9.37 Å². The summed E-state index contributed by atoms with van der Waals surface area (Å²) in [5.41, 5.74) is 0.477. The van der Waals surface area contributed by atoms with Gasteiger partial charge in [0.1, 0.15) is 11.5 Å². The number of hydrogen-bond donors (Lipinski definition) is 1. The van der Waals surface area contributed by atoms with E-state index in [2.05, 4.69) is 36.2 Å². The van der Waals surface area contributed by atoms with Crippen molar-refractivity contribution < 1.29 is 8.42 Å². The predicted octanol–water partition coefficient (Wildman–Crippen LogP) is 3.21. The minimum Gasteiger partial charge on any atom is -0.309 e. The molecule has 8 nitrogen and oxygen atoms in total. The summed E-state index contributed by atoms with van der Waals surface area (Å²) >= 11 is 3.35. The Kier molecular flexibility index (Phi) is 4.92. The zero-order valence-electron chi connectivity index (χ0n) is 15.1. The fourth-order valence-corrected chi connectivity index (χ4v) is 4.43. The lowest BCUT2D eigenvalue weighted by Crippen LogP contribution is -2.25. The van der Waals surface area contributed by atoms with Gasteiger partial charge in [-0.3, -0.25) is 9.36 Å². The Balaban J connectivity index is 1.74. The Morgan fingerprint density at radius 1 is 1.18 bits per heavy atom. The maximum absolute atomic E-state index is 12.7. The molecule has 1 aliphatic rings. The highest BCUT2D eigenvalue weighted by Crippen LogP contribution is 2.31. The maximum Gasteiger partial charge on any atom is 0.266 e. The molecule has 28 heavy (non-hydrogen) atoms. The summed E-state index contributed by atoms with van der Waals surface area (Å²) in [6.07, 6.45) is 8.16. The van der Waals surface area contributed by atoms with Crippen molar-refractivity contribution in [3.63, 3.8) is 0 Å². The SMILES string of the molecule is CS(=O)(=O)c1ccc(Nc2ncc3cc(Br)c(=O)n(C4CCCC4)c3n2)nc1. The van der Waals surface area contributed by atoms with Crippen molar-refractivity contribution in [1.82, 2.24) is 19.5 Å². The molecule has 0 aromatic carbocycles. The van der Waals surface area contributed by atoms with Crippen LogP contribution in [0.1, 0.15) is 31.7 Å². The monoisotopic (exact) mass is 463 g/mol. The molecule has 0 amide bonds. The van der Waals surface area contributed by atoms with Gasteiger partial charge in [-0.2, -0.15) is 4.98 Å². The Labute approximate surface area is 170 Å². The van der Waals surface area contributed by atoms with Crippen LogP contribution in [0.25, 0.3) is 11.0 Å². The standard InChI is InChI=1S/C18H18BrN5O3S/c1-28(26,27)13-6-7-15(20-10-13)22-18-21-9-11-8-14(19)17(25)24(16(11)23-18)12-4-2-3-5-12/h6-10,12H,2-5H2,1H3,(H,20,21,22,23). The predicted molar refractivity (Wildman–Crippen MR) is 110 cm³/mol. The third-order valence-electron chi connectivity index (χ3n) is 4.82. The Bertz CT molecular complexity index is 1200. The molecule has 3 heterocycles. The van der Waals surface area contributed by atoms with Crippen LogP contribution in [0.5, 0.6) is 0 Å². The zero-order chi connectivity index (χ0) is 19.9. The third kappa shape index (κ3) is 3.66. The number of hydrogen-bond acceptors (Lipinski definition) is 7. The molecule has 3 aromatic rings. The molecule has 146 valence electrons. The molecule has 0 unspecified atom stereocenters. The molecular formula is C18H18BrN5O3S. The van der Waals surface area contributed by atoms with Crippen molar-refractivity contribution in [3.05, 3.63) is 45.4 Å². The van der Waals surface area contributed by atoms with Gasteiger partial charge in [-0.25, -0.2) is 18.4 Å². The average molecular weight is 464 g/mol. The molecule has 1 N–H and O–H groups in total. The number of rotatable bonds is 4. The molecule has 0 aliphatic heterocycles. The van der Waals surface area contributed by atoms with Gasteiger partial charge < -0.3 is 5.32 Å². The summed E-state index contributed by atoms with van der Waals surface area (Å²) < 4.78 is 25.3. The minimum atomic E-state index is -3.31. The molecule has 0 bridgehead atoms.